The second-order valence-electron chi connectivity index (χ2n) is 5.54. The van der Waals surface area contributed by atoms with Crippen LogP contribution in [0.3, 0.4) is 0 Å². The maximum absolute atomic E-state index is 4.41. The van der Waals surface area contributed by atoms with Gasteiger partial charge in [-0.15, -0.1) is 11.3 Å². The van der Waals surface area contributed by atoms with Gasteiger partial charge in [0, 0.05) is 36.2 Å². The summed E-state index contributed by atoms with van der Waals surface area (Å²) in [5.74, 6) is 0. The second-order valence-corrected chi connectivity index (χ2v) is 6.52. The smallest absolute Gasteiger partial charge is 0.107 e. The molecule has 0 aliphatic carbocycles. The second kappa shape index (κ2) is 5.46. The van der Waals surface area contributed by atoms with E-state index in [1.165, 1.54) is 17.8 Å². The van der Waals surface area contributed by atoms with Crippen molar-refractivity contribution in [3.8, 4) is 0 Å². The van der Waals surface area contributed by atoms with E-state index in [0.717, 1.165) is 19.6 Å². The molecular weight excluding hydrogens is 230 g/mol. The van der Waals surface area contributed by atoms with Gasteiger partial charge in [0.15, 0.2) is 0 Å². The fourth-order valence-electron chi connectivity index (χ4n) is 2.52. The summed E-state index contributed by atoms with van der Waals surface area (Å²) in [6.07, 6.45) is 4.43. The van der Waals surface area contributed by atoms with Crippen LogP contribution < -0.4 is 5.32 Å². The molecule has 4 heteroatoms. The quantitative estimate of drug-likeness (QED) is 0.893. The van der Waals surface area contributed by atoms with Crippen LogP contribution in [0.1, 0.15) is 38.6 Å². The van der Waals surface area contributed by atoms with E-state index in [4.69, 9.17) is 0 Å². The van der Waals surface area contributed by atoms with Crippen LogP contribution in [0.4, 0.5) is 0 Å². The standard InChI is InChI=1S/C13H23N3S/c1-4-5-11-8-15-13(2,3)10-16(11)9-12-14-6-7-17-12/h6-7,11,15H,4-5,8-10H2,1-3H3. The third kappa shape index (κ3) is 3.50. The van der Waals surface area contributed by atoms with Crippen LogP contribution in [0.15, 0.2) is 11.6 Å². The lowest BCUT2D eigenvalue weighted by Crippen LogP contribution is -2.61. The van der Waals surface area contributed by atoms with E-state index in [-0.39, 0.29) is 5.54 Å². The molecule has 1 aliphatic heterocycles. The fourth-order valence-corrected chi connectivity index (χ4v) is 3.16. The molecule has 1 fully saturated rings. The van der Waals surface area contributed by atoms with Gasteiger partial charge >= 0.3 is 0 Å². The van der Waals surface area contributed by atoms with E-state index in [1.807, 2.05) is 6.20 Å². The Hall–Kier alpha value is -0.450. The fraction of sp³-hybridized carbons (Fsp3) is 0.769. The monoisotopic (exact) mass is 253 g/mol. The van der Waals surface area contributed by atoms with Crippen molar-refractivity contribution in [3.05, 3.63) is 16.6 Å². The van der Waals surface area contributed by atoms with Gasteiger partial charge in [0.05, 0.1) is 6.54 Å². The highest BCUT2D eigenvalue weighted by Gasteiger charge is 2.32. The first-order valence-corrected chi connectivity index (χ1v) is 7.36. The van der Waals surface area contributed by atoms with Crippen molar-refractivity contribution in [2.45, 2.75) is 51.7 Å². The molecule has 1 aromatic heterocycles. The molecule has 2 heterocycles. The molecule has 1 atom stereocenters. The number of aromatic nitrogens is 1. The Morgan fingerprint density at radius 1 is 1.59 bits per heavy atom. The van der Waals surface area contributed by atoms with Crippen LogP contribution >= 0.6 is 11.3 Å². The third-order valence-electron chi connectivity index (χ3n) is 3.37. The molecule has 96 valence electrons. The van der Waals surface area contributed by atoms with Crippen LogP contribution in [-0.2, 0) is 6.54 Å². The molecule has 0 spiro atoms. The SMILES string of the molecule is CCCC1CNC(C)(C)CN1Cc1nccs1. The normalized spacial score (nSPS) is 25.0. The summed E-state index contributed by atoms with van der Waals surface area (Å²) in [5, 5.41) is 6.95. The summed E-state index contributed by atoms with van der Waals surface area (Å²) < 4.78 is 0. The molecule has 0 bridgehead atoms. The van der Waals surface area contributed by atoms with Crippen molar-refractivity contribution in [3.63, 3.8) is 0 Å². The minimum absolute atomic E-state index is 0.224. The van der Waals surface area contributed by atoms with Crippen molar-refractivity contribution in [2.24, 2.45) is 0 Å². The highest BCUT2D eigenvalue weighted by Crippen LogP contribution is 2.21. The Labute approximate surface area is 108 Å². The van der Waals surface area contributed by atoms with Gasteiger partial charge in [0.2, 0.25) is 0 Å². The topological polar surface area (TPSA) is 28.2 Å². The Morgan fingerprint density at radius 3 is 3.06 bits per heavy atom. The van der Waals surface area contributed by atoms with Crippen LogP contribution in [-0.4, -0.2) is 34.6 Å². The Morgan fingerprint density at radius 2 is 2.41 bits per heavy atom. The highest BCUT2D eigenvalue weighted by molar-refractivity contribution is 7.09. The first kappa shape index (κ1) is 13.0. The maximum Gasteiger partial charge on any atom is 0.107 e. The van der Waals surface area contributed by atoms with Crippen LogP contribution in [0.5, 0.6) is 0 Å². The number of nitrogens with one attached hydrogen (secondary N) is 1. The molecule has 1 saturated heterocycles. The molecule has 2 rings (SSSR count). The minimum Gasteiger partial charge on any atom is -0.309 e. The van der Waals surface area contributed by atoms with E-state index < -0.39 is 0 Å². The maximum atomic E-state index is 4.41. The molecule has 1 unspecified atom stereocenters. The van der Waals surface area contributed by atoms with Crippen molar-refractivity contribution in [2.75, 3.05) is 13.1 Å². The average Bonchev–Trinajstić information content (AvgIpc) is 2.74. The number of rotatable bonds is 4. The molecule has 17 heavy (non-hydrogen) atoms. The average molecular weight is 253 g/mol. The minimum atomic E-state index is 0.224. The molecular formula is C13H23N3S. The van der Waals surface area contributed by atoms with E-state index in [0.29, 0.717) is 6.04 Å². The van der Waals surface area contributed by atoms with E-state index >= 15 is 0 Å². The predicted molar refractivity (Wildman–Crippen MR) is 73.3 cm³/mol. The summed E-state index contributed by atoms with van der Waals surface area (Å²) in [7, 11) is 0. The van der Waals surface area contributed by atoms with Crippen LogP contribution in [0, 0.1) is 0 Å². The zero-order chi connectivity index (χ0) is 12.3. The molecule has 0 radical (unpaired) electrons. The Balaban J connectivity index is 2.02. The summed E-state index contributed by atoms with van der Waals surface area (Å²) in [6, 6.07) is 0.664. The molecule has 3 nitrogen and oxygen atoms in total. The van der Waals surface area contributed by atoms with E-state index in [2.05, 4.69) is 41.4 Å². The molecule has 1 N–H and O–H groups in total. The molecule has 0 saturated carbocycles. The largest absolute Gasteiger partial charge is 0.309 e. The van der Waals surface area contributed by atoms with Gasteiger partial charge in [-0.2, -0.15) is 0 Å². The van der Waals surface area contributed by atoms with Crippen molar-refractivity contribution in [1.82, 2.24) is 15.2 Å². The highest BCUT2D eigenvalue weighted by atomic mass is 32.1. The van der Waals surface area contributed by atoms with Gasteiger partial charge in [-0.05, 0) is 20.3 Å². The number of hydrogen-bond acceptors (Lipinski definition) is 4. The predicted octanol–water partition coefficient (Wildman–Crippen LogP) is 2.50. The van der Waals surface area contributed by atoms with E-state index in [9.17, 15) is 0 Å². The number of nitrogens with zero attached hydrogens (tertiary/aromatic N) is 2. The van der Waals surface area contributed by atoms with Crippen molar-refractivity contribution in [1.29, 1.82) is 0 Å². The third-order valence-corrected chi connectivity index (χ3v) is 4.14. The molecule has 1 aliphatic rings. The van der Waals surface area contributed by atoms with Gasteiger partial charge in [-0.1, -0.05) is 13.3 Å². The van der Waals surface area contributed by atoms with Crippen molar-refractivity contribution >= 4 is 11.3 Å². The molecule has 1 aromatic rings. The zero-order valence-electron chi connectivity index (χ0n) is 11.1. The summed E-state index contributed by atoms with van der Waals surface area (Å²) in [6.45, 7) is 10.0. The lowest BCUT2D eigenvalue weighted by molar-refractivity contribution is 0.0826. The first-order chi connectivity index (χ1) is 8.11. The summed E-state index contributed by atoms with van der Waals surface area (Å²) in [5.41, 5.74) is 0.224. The number of thiazole rings is 1. The molecule has 0 amide bonds. The zero-order valence-corrected chi connectivity index (χ0v) is 11.9. The van der Waals surface area contributed by atoms with E-state index in [1.54, 1.807) is 11.3 Å². The van der Waals surface area contributed by atoms with Crippen LogP contribution in [0.2, 0.25) is 0 Å². The number of hydrogen-bond donors (Lipinski definition) is 1. The molecule has 0 aromatic carbocycles. The summed E-state index contributed by atoms with van der Waals surface area (Å²) >= 11 is 1.76. The van der Waals surface area contributed by atoms with Gasteiger partial charge in [-0.25, -0.2) is 4.98 Å². The lowest BCUT2D eigenvalue weighted by atomic mass is 9.97. The van der Waals surface area contributed by atoms with Crippen LogP contribution in [0.25, 0.3) is 0 Å². The van der Waals surface area contributed by atoms with Gasteiger partial charge in [0.25, 0.3) is 0 Å². The van der Waals surface area contributed by atoms with Crippen molar-refractivity contribution < 1.29 is 0 Å². The summed E-state index contributed by atoms with van der Waals surface area (Å²) in [4.78, 5) is 7.01. The Bertz CT molecular complexity index is 334. The van der Waals surface area contributed by atoms with Gasteiger partial charge in [-0.3, -0.25) is 4.90 Å². The number of piperazine rings is 1. The first-order valence-electron chi connectivity index (χ1n) is 6.48. The van der Waals surface area contributed by atoms with Gasteiger partial charge in [0.1, 0.15) is 5.01 Å². The lowest BCUT2D eigenvalue weighted by Gasteiger charge is -2.44. The van der Waals surface area contributed by atoms with Gasteiger partial charge < -0.3 is 5.32 Å². The Kier molecular flexibility index (Phi) is 4.17.